The van der Waals surface area contributed by atoms with E-state index < -0.39 is 30.7 Å². The number of carbonyl (C=O) groups is 4. The number of amides is 3. The molecule has 7 nitrogen and oxygen atoms in total. The minimum atomic E-state index is -0.960. The Hall–Kier alpha value is -2.70. The molecule has 0 bridgehead atoms. The Labute approximate surface area is 182 Å². The molecular weight excluding hydrogens is 396 g/mol. The minimum Gasteiger partial charge on any atom is -0.456 e. The molecule has 0 unspecified atom stereocenters. The van der Waals surface area contributed by atoms with Crippen molar-refractivity contribution < 1.29 is 23.9 Å². The Kier molecular flexibility index (Phi) is 5.40. The number of hydrogen-bond acceptors (Lipinski definition) is 5. The SMILES string of the molecule is C[C@@H]1CC(C)(C)C[C@@]2(C1)NC(=O)N(CC(=O)OCC(=O)c1ccc3c(c1)CCC3)C2=O. The topological polar surface area (TPSA) is 92.8 Å². The zero-order valence-corrected chi connectivity index (χ0v) is 18.5. The number of fused-ring (bicyclic) bond motifs is 1. The van der Waals surface area contributed by atoms with Gasteiger partial charge in [0.2, 0.25) is 0 Å². The molecule has 1 spiro atoms. The third kappa shape index (κ3) is 4.23. The highest BCUT2D eigenvalue weighted by molar-refractivity contribution is 6.09. The zero-order chi connectivity index (χ0) is 22.4. The Morgan fingerprint density at radius 3 is 2.65 bits per heavy atom. The van der Waals surface area contributed by atoms with Crippen molar-refractivity contribution in [3.63, 3.8) is 0 Å². The summed E-state index contributed by atoms with van der Waals surface area (Å²) in [6.07, 6.45) is 5.15. The maximum absolute atomic E-state index is 13.1. The molecule has 3 aliphatic rings. The fourth-order valence-electron chi connectivity index (χ4n) is 5.80. The van der Waals surface area contributed by atoms with Gasteiger partial charge in [-0.25, -0.2) is 4.79 Å². The lowest BCUT2D eigenvalue weighted by molar-refractivity contribution is -0.147. The summed E-state index contributed by atoms with van der Waals surface area (Å²) in [6, 6.07) is 5.01. The molecule has 0 radical (unpaired) electrons. The van der Waals surface area contributed by atoms with Crippen molar-refractivity contribution in [1.82, 2.24) is 10.2 Å². The Bertz CT molecular complexity index is 953. The predicted octanol–water partition coefficient (Wildman–Crippen LogP) is 3.04. The summed E-state index contributed by atoms with van der Waals surface area (Å²) in [4.78, 5) is 51.3. The van der Waals surface area contributed by atoms with Crippen LogP contribution in [0.3, 0.4) is 0 Å². The highest BCUT2D eigenvalue weighted by Crippen LogP contribution is 2.46. The number of carbonyl (C=O) groups excluding carboxylic acids is 4. The molecule has 1 aromatic rings. The molecule has 1 aliphatic heterocycles. The van der Waals surface area contributed by atoms with E-state index >= 15 is 0 Å². The van der Waals surface area contributed by atoms with E-state index in [-0.39, 0.29) is 23.0 Å². The lowest BCUT2D eigenvalue weighted by Gasteiger charge is -2.43. The van der Waals surface area contributed by atoms with Gasteiger partial charge in [0.25, 0.3) is 5.91 Å². The van der Waals surface area contributed by atoms with Gasteiger partial charge in [0.05, 0.1) is 0 Å². The van der Waals surface area contributed by atoms with E-state index in [0.29, 0.717) is 18.4 Å². The van der Waals surface area contributed by atoms with Gasteiger partial charge < -0.3 is 10.1 Å². The predicted molar refractivity (Wildman–Crippen MR) is 114 cm³/mol. The van der Waals surface area contributed by atoms with Crippen molar-refractivity contribution in [2.45, 2.75) is 64.8 Å². The van der Waals surface area contributed by atoms with Gasteiger partial charge in [0, 0.05) is 5.56 Å². The van der Waals surface area contributed by atoms with Gasteiger partial charge in [-0.1, -0.05) is 32.9 Å². The molecule has 166 valence electrons. The standard InChI is InChI=1S/C24H30N2O5/c1-15-10-23(2,3)14-24(11-15)21(29)26(22(30)25-24)12-20(28)31-13-19(27)18-8-7-16-5-4-6-17(16)9-18/h7-9,15H,4-6,10-14H2,1-3H3,(H,25,30)/t15-,24-/m1/s1. The van der Waals surface area contributed by atoms with Gasteiger partial charge in [0.1, 0.15) is 12.1 Å². The number of Topliss-reactive ketones (excluding diaryl/α,β-unsaturated/α-hetero) is 1. The van der Waals surface area contributed by atoms with Crippen LogP contribution < -0.4 is 5.32 Å². The first-order chi connectivity index (χ1) is 14.6. The zero-order valence-electron chi connectivity index (χ0n) is 18.5. The molecule has 0 aromatic heterocycles. The van der Waals surface area contributed by atoms with Crippen LogP contribution in [0.2, 0.25) is 0 Å². The normalized spacial score (nSPS) is 26.7. The number of esters is 1. The number of aryl methyl sites for hydroxylation is 2. The van der Waals surface area contributed by atoms with E-state index in [1.54, 1.807) is 6.07 Å². The second-order valence-electron chi connectivity index (χ2n) is 10.2. The molecule has 2 aliphatic carbocycles. The Balaban J connectivity index is 1.36. The van der Waals surface area contributed by atoms with Gasteiger partial charge in [-0.05, 0) is 67.1 Å². The first-order valence-corrected chi connectivity index (χ1v) is 11.0. The van der Waals surface area contributed by atoms with Gasteiger partial charge in [-0.2, -0.15) is 0 Å². The summed E-state index contributed by atoms with van der Waals surface area (Å²) < 4.78 is 5.11. The lowest BCUT2D eigenvalue weighted by Crippen LogP contribution is -2.54. The van der Waals surface area contributed by atoms with E-state index in [2.05, 4.69) is 26.1 Å². The molecule has 4 rings (SSSR count). The van der Waals surface area contributed by atoms with E-state index in [0.717, 1.165) is 30.6 Å². The fraction of sp³-hybridized carbons (Fsp3) is 0.583. The molecule has 2 fully saturated rings. The van der Waals surface area contributed by atoms with Gasteiger partial charge >= 0.3 is 12.0 Å². The van der Waals surface area contributed by atoms with Crippen LogP contribution in [0.25, 0.3) is 0 Å². The molecule has 1 heterocycles. The molecule has 1 saturated carbocycles. The molecule has 7 heteroatoms. The number of imide groups is 1. The average molecular weight is 427 g/mol. The van der Waals surface area contributed by atoms with Gasteiger partial charge in [-0.15, -0.1) is 0 Å². The minimum absolute atomic E-state index is 0.0839. The van der Waals surface area contributed by atoms with Gasteiger partial charge in [-0.3, -0.25) is 19.3 Å². The number of nitrogens with one attached hydrogen (secondary N) is 1. The van der Waals surface area contributed by atoms with Crippen LogP contribution in [0.5, 0.6) is 0 Å². The molecule has 1 saturated heterocycles. The number of ketones is 1. The molecule has 31 heavy (non-hydrogen) atoms. The molecule has 1 N–H and O–H groups in total. The summed E-state index contributed by atoms with van der Waals surface area (Å²) in [5.74, 6) is -1.15. The number of hydrogen-bond donors (Lipinski definition) is 1. The van der Waals surface area contributed by atoms with Crippen molar-refractivity contribution in [1.29, 1.82) is 0 Å². The quantitative estimate of drug-likeness (QED) is 0.444. The summed E-state index contributed by atoms with van der Waals surface area (Å²) in [6.45, 7) is 5.36. The number of urea groups is 1. The molecule has 3 amide bonds. The van der Waals surface area contributed by atoms with Crippen LogP contribution in [0.15, 0.2) is 18.2 Å². The fourth-order valence-corrected chi connectivity index (χ4v) is 5.80. The molecule has 2 atom stereocenters. The number of benzene rings is 1. The Morgan fingerprint density at radius 1 is 1.16 bits per heavy atom. The van der Waals surface area contributed by atoms with Crippen molar-refractivity contribution in [3.05, 3.63) is 34.9 Å². The summed E-state index contributed by atoms with van der Waals surface area (Å²) in [5, 5.41) is 2.84. The first-order valence-electron chi connectivity index (χ1n) is 11.0. The number of nitrogens with zero attached hydrogens (tertiary/aromatic N) is 1. The van der Waals surface area contributed by atoms with Crippen LogP contribution in [-0.2, 0) is 27.2 Å². The van der Waals surface area contributed by atoms with E-state index in [1.165, 1.54) is 11.1 Å². The molecule has 1 aromatic carbocycles. The maximum Gasteiger partial charge on any atom is 0.326 e. The second kappa shape index (κ2) is 7.77. The third-order valence-electron chi connectivity index (χ3n) is 6.70. The highest BCUT2D eigenvalue weighted by Gasteiger charge is 2.56. The lowest BCUT2D eigenvalue weighted by atomic mass is 9.64. The maximum atomic E-state index is 13.1. The van der Waals surface area contributed by atoms with Crippen molar-refractivity contribution in [3.8, 4) is 0 Å². The van der Waals surface area contributed by atoms with Crippen molar-refractivity contribution in [2.75, 3.05) is 13.2 Å². The van der Waals surface area contributed by atoms with Crippen LogP contribution >= 0.6 is 0 Å². The van der Waals surface area contributed by atoms with Crippen LogP contribution in [0.1, 0.15) is 67.9 Å². The van der Waals surface area contributed by atoms with Crippen molar-refractivity contribution >= 4 is 23.7 Å². The van der Waals surface area contributed by atoms with Crippen LogP contribution in [-0.4, -0.2) is 47.3 Å². The third-order valence-corrected chi connectivity index (χ3v) is 6.70. The Morgan fingerprint density at radius 2 is 1.90 bits per heavy atom. The smallest absolute Gasteiger partial charge is 0.326 e. The van der Waals surface area contributed by atoms with Gasteiger partial charge in [0.15, 0.2) is 12.4 Å². The highest BCUT2D eigenvalue weighted by atomic mass is 16.5. The van der Waals surface area contributed by atoms with Crippen LogP contribution in [0.4, 0.5) is 4.79 Å². The van der Waals surface area contributed by atoms with Crippen LogP contribution in [0, 0.1) is 11.3 Å². The first kappa shape index (κ1) is 21.5. The van der Waals surface area contributed by atoms with E-state index in [1.807, 2.05) is 12.1 Å². The van der Waals surface area contributed by atoms with E-state index in [4.69, 9.17) is 4.74 Å². The summed E-state index contributed by atoms with van der Waals surface area (Å²) in [7, 11) is 0. The van der Waals surface area contributed by atoms with Crippen molar-refractivity contribution in [2.24, 2.45) is 11.3 Å². The summed E-state index contributed by atoms with van der Waals surface area (Å²) >= 11 is 0. The summed E-state index contributed by atoms with van der Waals surface area (Å²) in [5.41, 5.74) is 1.91. The number of ether oxygens (including phenoxy) is 1. The monoisotopic (exact) mass is 426 g/mol. The number of rotatable bonds is 5. The van der Waals surface area contributed by atoms with E-state index in [9.17, 15) is 19.2 Å². The largest absolute Gasteiger partial charge is 0.456 e. The molecular formula is C24H30N2O5. The second-order valence-corrected chi connectivity index (χ2v) is 10.2. The average Bonchev–Trinajstić information content (AvgIpc) is 3.22.